The quantitative estimate of drug-likeness (QED) is 0.807. The average molecular weight is 267 g/mol. The van der Waals surface area contributed by atoms with E-state index in [1.165, 1.54) is 27.8 Å². The lowest BCUT2D eigenvalue weighted by atomic mass is 9.92. The first kappa shape index (κ1) is 14.8. The van der Waals surface area contributed by atoms with E-state index in [2.05, 4.69) is 68.6 Å². The topological polar surface area (TPSA) is 12.0 Å². The zero-order valence-corrected chi connectivity index (χ0v) is 12.9. The van der Waals surface area contributed by atoms with Crippen LogP contribution in [0.15, 0.2) is 42.5 Å². The summed E-state index contributed by atoms with van der Waals surface area (Å²) in [7, 11) is 0. The second-order valence-corrected chi connectivity index (χ2v) is 5.14. The minimum atomic E-state index is 0.937. The van der Waals surface area contributed by atoms with Gasteiger partial charge in [0.2, 0.25) is 0 Å². The highest BCUT2D eigenvalue weighted by Gasteiger charge is 2.09. The van der Waals surface area contributed by atoms with Crippen molar-refractivity contribution in [2.45, 2.75) is 40.2 Å². The van der Waals surface area contributed by atoms with Gasteiger partial charge >= 0.3 is 0 Å². The zero-order valence-electron chi connectivity index (χ0n) is 12.9. The van der Waals surface area contributed by atoms with Gasteiger partial charge in [-0.05, 0) is 47.2 Å². The fourth-order valence-electron chi connectivity index (χ4n) is 2.60. The molecule has 0 saturated carbocycles. The van der Waals surface area contributed by atoms with Crippen molar-refractivity contribution in [1.29, 1.82) is 0 Å². The molecule has 0 amide bonds. The molecule has 0 aliphatic heterocycles. The van der Waals surface area contributed by atoms with E-state index < -0.39 is 0 Å². The number of hydrogen-bond donors (Lipinski definition) is 1. The molecular formula is C19H25N. The summed E-state index contributed by atoms with van der Waals surface area (Å²) >= 11 is 0. The van der Waals surface area contributed by atoms with E-state index >= 15 is 0 Å². The summed E-state index contributed by atoms with van der Waals surface area (Å²) in [6.07, 6.45) is 2.17. The minimum absolute atomic E-state index is 0.937. The second kappa shape index (κ2) is 7.25. The highest BCUT2D eigenvalue weighted by molar-refractivity contribution is 5.71. The van der Waals surface area contributed by atoms with Crippen LogP contribution in [0.25, 0.3) is 11.1 Å². The Morgan fingerprint density at radius 2 is 1.60 bits per heavy atom. The summed E-state index contributed by atoms with van der Waals surface area (Å²) in [6.45, 7) is 8.54. The van der Waals surface area contributed by atoms with Gasteiger partial charge in [-0.2, -0.15) is 0 Å². The fraction of sp³-hybridized carbons (Fsp3) is 0.368. The summed E-state index contributed by atoms with van der Waals surface area (Å²) in [5.74, 6) is 0. The molecule has 0 unspecified atom stereocenters. The molecule has 0 aliphatic carbocycles. The van der Waals surface area contributed by atoms with Gasteiger partial charge < -0.3 is 5.32 Å². The van der Waals surface area contributed by atoms with Crippen LogP contribution in [0.4, 0.5) is 0 Å². The van der Waals surface area contributed by atoms with E-state index in [1.807, 2.05) is 0 Å². The maximum absolute atomic E-state index is 3.44. The molecule has 1 heteroatoms. The van der Waals surface area contributed by atoms with Gasteiger partial charge in [0.1, 0.15) is 0 Å². The molecule has 0 aliphatic rings. The molecule has 2 aromatic rings. The number of benzene rings is 2. The lowest BCUT2D eigenvalue weighted by Crippen LogP contribution is -2.12. The van der Waals surface area contributed by atoms with Crippen LogP contribution in [-0.2, 0) is 19.4 Å². The van der Waals surface area contributed by atoms with E-state index in [1.54, 1.807) is 0 Å². The van der Waals surface area contributed by atoms with Crippen LogP contribution in [0, 0.1) is 0 Å². The first-order chi connectivity index (χ1) is 9.80. The summed E-state index contributed by atoms with van der Waals surface area (Å²) in [5.41, 5.74) is 7.01. The molecule has 2 aromatic carbocycles. The first-order valence-corrected chi connectivity index (χ1v) is 7.70. The van der Waals surface area contributed by atoms with Gasteiger partial charge in [-0.25, -0.2) is 0 Å². The minimum Gasteiger partial charge on any atom is -0.313 e. The summed E-state index contributed by atoms with van der Waals surface area (Å²) in [6, 6.07) is 15.7. The molecule has 0 fully saturated rings. The number of aryl methyl sites for hydroxylation is 2. The van der Waals surface area contributed by atoms with Crippen LogP contribution in [0.5, 0.6) is 0 Å². The maximum atomic E-state index is 3.44. The lowest BCUT2D eigenvalue weighted by Gasteiger charge is -2.15. The Morgan fingerprint density at radius 1 is 0.800 bits per heavy atom. The standard InChI is InChI=1S/C19H25N/c1-4-15-11-12-16(5-2)19(13-15)18-10-8-7-9-17(18)14-20-6-3/h7-13,20H,4-6,14H2,1-3H3. The smallest absolute Gasteiger partial charge is 0.0211 e. The molecular weight excluding hydrogens is 242 g/mol. The van der Waals surface area contributed by atoms with Gasteiger partial charge in [-0.3, -0.25) is 0 Å². The van der Waals surface area contributed by atoms with E-state index in [4.69, 9.17) is 0 Å². The maximum Gasteiger partial charge on any atom is 0.0211 e. The van der Waals surface area contributed by atoms with Crippen LogP contribution in [0.2, 0.25) is 0 Å². The Balaban J connectivity index is 2.49. The Hall–Kier alpha value is -1.60. The Kier molecular flexibility index (Phi) is 5.37. The van der Waals surface area contributed by atoms with Crippen molar-refractivity contribution in [3.05, 3.63) is 59.2 Å². The van der Waals surface area contributed by atoms with Crippen molar-refractivity contribution < 1.29 is 0 Å². The van der Waals surface area contributed by atoms with E-state index in [9.17, 15) is 0 Å². The number of hydrogen-bond acceptors (Lipinski definition) is 1. The molecule has 0 radical (unpaired) electrons. The van der Waals surface area contributed by atoms with Crippen LogP contribution < -0.4 is 5.32 Å². The Bertz CT molecular complexity index is 557. The predicted molar refractivity (Wildman–Crippen MR) is 88.0 cm³/mol. The van der Waals surface area contributed by atoms with Gasteiger partial charge in [-0.15, -0.1) is 0 Å². The third-order valence-electron chi connectivity index (χ3n) is 3.84. The highest BCUT2D eigenvalue weighted by Crippen LogP contribution is 2.29. The third-order valence-corrected chi connectivity index (χ3v) is 3.84. The van der Waals surface area contributed by atoms with Crippen molar-refractivity contribution in [1.82, 2.24) is 5.32 Å². The SMILES string of the molecule is CCNCc1ccccc1-c1cc(CC)ccc1CC. The van der Waals surface area contributed by atoms with Gasteiger partial charge in [0.25, 0.3) is 0 Å². The van der Waals surface area contributed by atoms with Crippen molar-refractivity contribution in [3.8, 4) is 11.1 Å². The second-order valence-electron chi connectivity index (χ2n) is 5.14. The van der Waals surface area contributed by atoms with Crippen molar-refractivity contribution in [3.63, 3.8) is 0 Å². The molecule has 0 saturated heterocycles. The van der Waals surface area contributed by atoms with Crippen LogP contribution in [-0.4, -0.2) is 6.54 Å². The van der Waals surface area contributed by atoms with Crippen LogP contribution >= 0.6 is 0 Å². The molecule has 0 heterocycles. The van der Waals surface area contributed by atoms with Crippen molar-refractivity contribution >= 4 is 0 Å². The summed E-state index contributed by atoms with van der Waals surface area (Å²) in [5, 5.41) is 3.44. The average Bonchev–Trinajstić information content (AvgIpc) is 2.52. The number of rotatable bonds is 6. The monoisotopic (exact) mass is 267 g/mol. The van der Waals surface area contributed by atoms with Crippen LogP contribution in [0.1, 0.15) is 37.5 Å². The van der Waals surface area contributed by atoms with Gasteiger partial charge in [0.05, 0.1) is 0 Å². The summed E-state index contributed by atoms with van der Waals surface area (Å²) < 4.78 is 0. The molecule has 0 spiro atoms. The third kappa shape index (κ3) is 3.29. The van der Waals surface area contributed by atoms with Gasteiger partial charge in [0.15, 0.2) is 0 Å². The molecule has 1 N–H and O–H groups in total. The largest absolute Gasteiger partial charge is 0.313 e. The lowest BCUT2D eigenvalue weighted by molar-refractivity contribution is 0.728. The Morgan fingerprint density at radius 3 is 2.30 bits per heavy atom. The van der Waals surface area contributed by atoms with Crippen molar-refractivity contribution in [2.24, 2.45) is 0 Å². The van der Waals surface area contributed by atoms with E-state index in [0.29, 0.717) is 0 Å². The highest BCUT2D eigenvalue weighted by atomic mass is 14.8. The Labute approximate surface area is 123 Å². The van der Waals surface area contributed by atoms with Crippen LogP contribution in [0.3, 0.4) is 0 Å². The van der Waals surface area contributed by atoms with E-state index in [-0.39, 0.29) is 0 Å². The van der Waals surface area contributed by atoms with Gasteiger partial charge in [-0.1, -0.05) is 63.2 Å². The molecule has 0 aromatic heterocycles. The molecule has 0 bridgehead atoms. The fourth-order valence-corrected chi connectivity index (χ4v) is 2.60. The summed E-state index contributed by atoms with van der Waals surface area (Å²) in [4.78, 5) is 0. The molecule has 1 nitrogen and oxygen atoms in total. The van der Waals surface area contributed by atoms with Crippen molar-refractivity contribution in [2.75, 3.05) is 6.54 Å². The van der Waals surface area contributed by atoms with Gasteiger partial charge in [0, 0.05) is 6.54 Å². The van der Waals surface area contributed by atoms with E-state index in [0.717, 1.165) is 25.9 Å². The molecule has 2 rings (SSSR count). The zero-order chi connectivity index (χ0) is 14.4. The molecule has 20 heavy (non-hydrogen) atoms. The molecule has 106 valence electrons. The number of nitrogens with one attached hydrogen (secondary N) is 1. The predicted octanol–water partition coefficient (Wildman–Crippen LogP) is 4.59. The normalized spacial score (nSPS) is 10.8. The molecule has 0 atom stereocenters. The first-order valence-electron chi connectivity index (χ1n) is 7.70.